The van der Waals surface area contributed by atoms with E-state index in [2.05, 4.69) is 15.6 Å². The van der Waals surface area contributed by atoms with Gasteiger partial charge in [0.2, 0.25) is 0 Å². The van der Waals surface area contributed by atoms with Gasteiger partial charge in [-0.15, -0.1) is 0 Å². The minimum Gasteiger partial charge on any atom is -0.369 e. The molecule has 6 heteroatoms. The van der Waals surface area contributed by atoms with E-state index in [-0.39, 0.29) is 5.43 Å². The van der Waals surface area contributed by atoms with E-state index in [1.807, 2.05) is 42.5 Å². The van der Waals surface area contributed by atoms with Crippen molar-refractivity contribution in [3.05, 3.63) is 74.4 Å². The molecule has 146 valence electrons. The number of hydrogen-bond donors (Lipinski definition) is 3. The molecule has 3 aromatic rings. The maximum atomic E-state index is 12.3. The molecule has 28 heavy (non-hydrogen) atoms. The van der Waals surface area contributed by atoms with E-state index >= 15 is 0 Å². The third-order valence-corrected chi connectivity index (χ3v) is 6.09. The highest BCUT2D eigenvalue weighted by molar-refractivity contribution is 6.42. The fourth-order valence-corrected chi connectivity index (χ4v) is 4.23. The van der Waals surface area contributed by atoms with Crippen LogP contribution in [0.25, 0.3) is 10.9 Å². The molecule has 0 saturated heterocycles. The van der Waals surface area contributed by atoms with Gasteiger partial charge in [0.15, 0.2) is 5.43 Å². The zero-order valence-electron chi connectivity index (χ0n) is 15.5. The fraction of sp³-hybridized carbons (Fsp3) is 0.318. The molecule has 2 aromatic carbocycles. The first-order chi connectivity index (χ1) is 13.6. The van der Waals surface area contributed by atoms with Crippen LogP contribution < -0.4 is 16.1 Å². The molecule has 2 atom stereocenters. The second-order valence-electron chi connectivity index (χ2n) is 7.43. The molecule has 4 rings (SSSR count). The number of nitrogens with one attached hydrogen (secondary N) is 3. The number of H-pyrrole nitrogens is 1. The van der Waals surface area contributed by atoms with E-state index < -0.39 is 0 Å². The molecule has 3 N–H and O–H groups in total. The van der Waals surface area contributed by atoms with Crippen LogP contribution in [-0.2, 0) is 6.54 Å². The van der Waals surface area contributed by atoms with Gasteiger partial charge in [-0.05, 0) is 55.5 Å². The number of rotatable bonds is 5. The molecular formula is C22H23Cl2N3O. The van der Waals surface area contributed by atoms with Crippen molar-refractivity contribution in [2.45, 2.75) is 44.3 Å². The number of pyridine rings is 1. The van der Waals surface area contributed by atoms with Crippen molar-refractivity contribution in [1.82, 2.24) is 10.3 Å². The number of anilines is 1. The summed E-state index contributed by atoms with van der Waals surface area (Å²) in [6, 6.07) is 15.8. The van der Waals surface area contributed by atoms with E-state index in [0.717, 1.165) is 54.5 Å². The Morgan fingerprint density at radius 1 is 1.00 bits per heavy atom. The summed E-state index contributed by atoms with van der Waals surface area (Å²) in [5.74, 6) is 0.791. The Morgan fingerprint density at radius 2 is 1.82 bits per heavy atom. The van der Waals surface area contributed by atoms with E-state index in [4.69, 9.17) is 23.2 Å². The van der Waals surface area contributed by atoms with Crippen LogP contribution in [0.15, 0.2) is 53.3 Å². The molecule has 1 fully saturated rings. The molecular weight excluding hydrogens is 393 g/mol. The quantitative estimate of drug-likeness (QED) is 0.526. The number of aromatic amines is 1. The lowest BCUT2D eigenvalue weighted by Gasteiger charge is -2.31. The topological polar surface area (TPSA) is 56.9 Å². The minimum atomic E-state index is 0.0435. The van der Waals surface area contributed by atoms with Crippen molar-refractivity contribution >= 4 is 39.9 Å². The molecule has 0 radical (unpaired) electrons. The lowest BCUT2D eigenvalue weighted by molar-refractivity contribution is 0.350. The predicted octanol–water partition coefficient (Wildman–Crippen LogP) is 5.35. The number of para-hydroxylation sites is 1. The number of halogens is 2. The van der Waals surface area contributed by atoms with Crippen molar-refractivity contribution < 1.29 is 0 Å². The summed E-state index contributed by atoms with van der Waals surface area (Å²) in [7, 11) is 0. The summed E-state index contributed by atoms with van der Waals surface area (Å²) in [5.41, 5.74) is 2.04. The summed E-state index contributed by atoms with van der Waals surface area (Å²) in [6.07, 6.45) is 4.40. The van der Waals surface area contributed by atoms with Gasteiger partial charge < -0.3 is 15.6 Å². The Kier molecular flexibility index (Phi) is 5.90. The summed E-state index contributed by atoms with van der Waals surface area (Å²) in [4.78, 5) is 15.7. The summed E-state index contributed by atoms with van der Waals surface area (Å²) in [5, 5.41) is 9.04. The number of aromatic nitrogens is 1. The van der Waals surface area contributed by atoms with Gasteiger partial charge >= 0.3 is 0 Å². The molecule has 0 amide bonds. The zero-order valence-corrected chi connectivity index (χ0v) is 17.0. The van der Waals surface area contributed by atoms with Crippen LogP contribution in [0.3, 0.4) is 0 Å². The van der Waals surface area contributed by atoms with Gasteiger partial charge in [-0.1, -0.05) is 41.4 Å². The highest BCUT2D eigenvalue weighted by Crippen LogP contribution is 2.24. The van der Waals surface area contributed by atoms with E-state index in [0.29, 0.717) is 22.1 Å². The van der Waals surface area contributed by atoms with Crippen LogP contribution >= 0.6 is 23.2 Å². The van der Waals surface area contributed by atoms with Gasteiger partial charge in [0.1, 0.15) is 5.82 Å². The Labute approximate surface area is 174 Å². The van der Waals surface area contributed by atoms with Crippen LogP contribution in [0.1, 0.15) is 31.2 Å². The maximum Gasteiger partial charge on any atom is 0.191 e. The zero-order chi connectivity index (χ0) is 19.5. The first-order valence-corrected chi connectivity index (χ1v) is 10.4. The molecule has 0 aliphatic heterocycles. The molecule has 0 bridgehead atoms. The maximum absolute atomic E-state index is 12.3. The van der Waals surface area contributed by atoms with Gasteiger partial charge in [0.05, 0.1) is 15.6 Å². The Morgan fingerprint density at radius 3 is 2.68 bits per heavy atom. The number of hydrogen-bond acceptors (Lipinski definition) is 3. The number of benzene rings is 2. The molecule has 4 nitrogen and oxygen atoms in total. The first kappa shape index (κ1) is 19.3. The molecule has 1 aromatic heterocycles. The molecule has 1 aliphatic rings. The highest BCUT2D eigenvalue weighted by Gasteiger charge is 2.22. The van der Waals surface area contributed by atoms with Crippen molar-refractivity contribution in [3.63, 3.8) is 0 Å². The second-order valence-corrected chi connectivity index (χ2v) is 8.24. The Hall–Kier alpha value is -2.01. The average Bonchev–Trinajstić information content (AvgIpc) is 2.69. The number of fused-ring (bicyclic) bond motifs is 1. The third kappa shape index (κ3) is 4.52. The summed E-state index contributed by atoms with van der Waals surface area (Å²) >= 11 is 12.1. The molecule has 0 unspecified atom stereocenters. The average molecular weight is 416 g/mol. The fourth-order valence-electron chi connectivity index (χ4n) is 3.91. The first-order valence-electron chi connectivity index (χ1n) is 9.64. The van der Waals surface area contributed by atoms with Crippen LogP contribution in [0.2, 0.25) is 10.0 Å². The smallest absolute Gasteiger partial charge is 0.191 e. The van der Waals surface area contributed by atoms with Crippen LogP contribution in [0, 0.1) is 0 Å². The Balaban J connectivity index is 1.38. The molecule has 0 spiro atoms. The highest BCUT2D eigenvalue weighted by atomic mass is 35.5. The summed E-state index contributed by atoms with van der Waals surface area (Å²) in [6.45, 7) is 0.765. The van der Waals surface area contributed by atoms with Gasteiger partial charge in [-0.25, -0.2) is 0 Å². The SMILES string of the molecule is O=c1cc(N[C@@H]2CCC[C@H](NCc3ccc(Cl)c(Cl)c3)C2)[nH]c2ccccc12. The van der Waals surface area contributed by atoms with Crippen LogP contribution in [-0.4, -0.2) is 17.1 Å². The lowest BCUT2D eigenvalue weighted by Crippen LogP contribution is -2.38. The van der Waals surface area contributed by atoms with E-state index in [1.54, 1.807) is 6.07 Å². The van der Waals surface area contributed by atoms with Crippen LogP contribution in [0.4, 0.5) is 5.82 Å². The van der Waals surface area contributed by atoms with Crippen molar-refractivity contribution in [3.8, 4) is 0 Å². The van der Waals surface area contributed by atoms with Crippen molar-refractivity contribution in [2.75, 3.05) is 5.32 Å². The predicted molar refractivity (Wildman–Crippen MR) is 118 cm³/mol. The van der Waals surface area contributed by atoms with Crippen molar-refractivity contribution in [2.24, 2.45) is 0 Å². The third-order valence-electron chi connectivity index (χ3n) is 5.35. The molecule has 1 heterocycles. The van der Waals surface area contributed by atoms with E-state index in [9.17, 15) is 4.79 Å². The van der Waals surface area contributed by atoms with Gasteiger partial charge in [0, 0.05) is 30.1 Å². The van der Waals surface area contributed by atoms with Gasteiger partial charge in [-0.3, -0.25) is 4.79 Å². The standard InChI is InChI=1S/C22H23Cl2N3O/c23-18-9-8-14(10-19(18)24)13-25-15-4-3-5-16(11-15)26-22-12-21(28)17-6-1-2-7-20(17)27-22/h1-2,6-10,12,15-16,25H,3-5,11,13H2,(H2,26,27,28)/t15-,16+/m0/s1. The van der Waals surface area contributed by atoms with E-state index in [1.165, 1.54) is 0 Å². The van der Waals surface area contributed by atoms with Crippen LogP contribution in [0.5, 0.6) is 0 Å². The van der Waals surface area contributed by atoms with Crippen molar-refractivity contribution in [1.29, 1.82) is 0 Å². The van der Waals surface area contributed by atoms with Gasteiger partial charge in [0.25, 0.3) is 0 Å². The normalized spacial score (nSPS) is 19.6. The lowest BCUT2D eigenvalue weighted by atomic mass is 9.90. The minimum absolute atomic E-state index is 0.0435. The second kappa shape index (κ2) is 8.56. The largest absolute Gasteiger partial charge is 0.369 e. The monoisotopic (exact) mass is 415 g/mol. The molecule has 1 aliphatic carbocycles. The van der Waals surface area contributed by atoms with Gasteiger partial charge in [-0.2, -0.15) is 0 Å². The summed E-state index contributed by atoms with van der Waals surface area (Å²) < 4.78 is 0. The molecule has 1 saturated carbocycles. The Bertz CT molecular complexity index is 1030.